The van der Waals surface area contributed by atoms with E-state index in [-0.39, 0.29) is 23.9 Å². The molecule has 34 heavy (non-hydrogen) atoms. The molecule has 4 aromatic rings. The van der Waals surface area contributed by atoms with Crippen LogP contribution in [0.4, 0.5) is 15.8 Å². The summed E-state index contributed by atoms with van der Waals surface area (Å²) < 4.78 is 14.1. The van der Waals surface area contributed by atoms with Gasteiger partial charge in [0.05, 0.1) is 12.1 Å². The lowest BCUT2D eigenvalue weighted by Crippen LogP contribution is -2.19. The van der Waals surface area contributed by atoms with Gasteiger partial charge < -0.3 is 10.6 Å². The van der Waals surface area contributed by atoms with Gasteiger partial charge in [0, 0.05) is 10.6 Å². The van der Waals surface area contributed by atoms with Crippen LogP contribution in [0.15, 0.2) is 114 Å². The Hall–Kier alpha value is -3.90. The molecule has 1 atom stereocenters. The van der Waals surface area contributed by atoms with Crippen LogP contribution in [-0.2, 0) is 16.0 Å². The molecule has 1 unspecified atom stereocenters. The van der Waals surface area contributed by atoms with Crippen LogP contribution in [0.5, 0.6) is 0 Å². The minimum absolute atomic E-state index is 0.120. The zero-order valence-corrected chi connectivity index (χ0v) is 19.1. The van der Waals surface area contributed by atoms with E-state index in [2.05, 4.69) is 10.6 Å². The number of hydrogen-bond acceptors (Lipinski definition) is 3. The van der Waals surface area contributed by atoms with E-state index in [4.69, 9.17) is 0 Å². The van der Waals surface area contributed by atoms with Crippen molar-refractivity contribution >= 4 is 35.0 Å². The Morgan fingerprint density at radius 3 is 2.18 bits per heavy atom. The van der Waals surface area contributed by atoms with E-state index in [0.29, 0.717) is 5.69 Å². The van der Waals surface area contributed by atoms with Gasteiger partial charge in [0.2, 0.25) is 11.8 Å². The molecule has 4 rings (SSSR count). The van der Waals surface area contributed by atoms with Gasteiger partial charge in [-0.1, -0.05) is 78.9 Å². The number of hydrogen-bond donors (Lipinski definition) is 2. The molecule has 6 heteroatoms. The number of amides is 2. The number of para-hydroxylation sites is 1. The van der Waals surface area contributed by atoms with Crippen LogP contribution in [0.2, 0.25) is 0 Å². The molecule has 2 amide bonds. The molecule has 4 nitrogen and oxygen atoms in total. The predicted octanol–water partition coefficient (Wildman–Crippen LogP) is 6.48. The van der Waals surface area contributed by atoms with Crippen molar-refractivity contribution in [3.63, 3.8) is 0 Å². The zero-order valence-electron chi connectivity index (χ0n) is 18.3. The fourth-order valence-electron chi connectivity index (χ4n) is 3.43. The van der Waals surface area contributed by atoms with Crippen molar-refractivity contribution in [3.8, 4) is 0 Å². The van der Waals surface area contributed by atoms with Gasteiger partial charge in [0.1, 0.15) is 11.1 Å². The second-order valence-electron chi connectivity index (χ2n) is 7.62. The third-order valence-corrected chi connectivity index (χ3v) is 6.30. The Kier molecular flexibility index (Phi) is 7.73. The molecule has 0 aliphatic rings. The molecule has 0 heterocycles. The van der Waals surface area contributed by atoms with Crippen LogP contribution >= 0.6 is 11.8 Å². The summed E-state index contributed by atoms with van der Waals surface area (Å²) in [5, 5.41) is 5.00. The molecule has 0 radical (unpaired) electrons. The Morgan fingerprint density at radius 1 is 0.765 bits per heavy atom. The highest BCUT2D eigenvalue weighted by atomic mass is 32.2. The lowest BCUT2D eigenvalue weighted by atomic mass is 10.1. The summed E-state index contributed by atoms with van der Waals surface area (Å²) in [4.78, 5) is 26.4. The second-order valence-corrected chi connectivity index (χ2v) is 8.79. The van der Waals surface area contributed by atoms with E-state index in [0.717, 1.165) is 16.0 Å². The number of anilines is 2. The maximum atomic E-state index is 14.1. The topological polar surface area (TPSA) is 58.2 Å². The third kappa shape index (κ3) is 6.33. The predicted molar refractivity (Wildman–Crippen MR) is 135 cm³/mol. The largest absolute Gasteiger partial charge is 0.326 e. The Bertz CT molecular complexity index is 1270. The molecule has 0 bridgehead atoms. The van der Waals surface area contributed by atoms with E-state index in [1.165, 1.54) is 23.9 Å². The van der Waals surface area contributed by atoms with Crippen molar-refractivity contribution in [2.45, 2.75) is 16.6 Å². The van der Waals surface area contributed by atoms with Gasteiger partial charge in [0.25, 0.3) is 0 Å². The molecular formula is C28H23FN2O2S. The smallest absolute Gasteiger partial charge is 0.242 e. The van der Waals surface area contributed by atoms with E-state index < -0.39 is 11.1 Å². The number of rotatable bonds is 8. The van der Waals surface area contributed by atoms with Crippen molar-refractivity contribution < 1.29 is 14.0 Å². The van der Waals surface area contributed by atoms with Crippen molar-refractivity contribution in [2.75, 3.05) is 10.6 Å². The molecule has 0 fully saturated rings. The van der Waals surface area contributed by atoms with Gasteiger partial charge in [-0.2, -0.15) is 0 Å². The highest BCUT2D eigenvalue weighted by Gasteiger charge is 2.23. The molecule has 4 aromatic carbocycles. The highest BCUT2D eigenvalue weighted by Crippen LogP contribution is 2.37. The van der Waals surface area contributed by atoms with Crippen LogP contribution in [0.3, 0.4) is 0 Å². The highest BCUT2D eigenvalue weighted by molar-refractivity contribution is 8.00. The fraction of sp³-hybridized carbons (Fsp3) is 0.0714. The average Bonchev–Trinajstić information content (AvgIpc) is 2.85. The molecule has 0 spiro atoms. The van der Waals surface area contributed by atoms with Crippen molar-refractivity contribution in [1.29, 1.82) is 0 Å². The first kappa shape index (κ1) is 23.3. The molecule has 0 aliphatic carbocycles. The van der Waals surface area contributed by atoms with Gasteiger partial charge in [-0.15, -0.1) is 11.8 Å². The van der Waals surface area contributed by atoms with E-state index in [1.807, 2.05) is 84.9 Å². The van der Waals surface area contributed by atoms with Crippen molar-refractivity contribution in [3.05, 3.63) is 126 Å². The van der Waals surface area contributed by atoms with E-state index in [9.17, 15) is 14.0 Å². The maximum absolute atomic E-state index is 14.1. The number of halogens is 1. The normalized spacial score (nSPS) is 11.4. The van der Waals surface area contributed by atoms with Crippen molar-refractivity contribution in [1.82, 2.24) is 0 Å². The van der Waals surface area contributed by atoms with Gasteiger partial charge in [-0.25, -0.2) is 4.39 Å². The van der Waals surface area contributed by atoms with Crippen LogP contribution in [0.25, 0.3) is 0 Å². The monoisotopic (exact) mass is 470 g/mol. The summed E-state index contributed by atoms with van der Waals surface area (Å²) >= 11 is 1.33. The molecule has 0 saturated heterocycles. The second kappa shape index (κ2) is 11.3. The van der Waals surface area contributed by atoms with Gasteiger partial charge >= 0.3 is 0 Å². The average molecular weight is 471 g/mol. The van der Waals surface area contributed by atoms with Crippen LogP contribution in [-0.4, -0.2) is 11.8 Å². The summed E-state index contributed by atoms with van der Waals surface area (Å²) in [6, 6.07) is 32.3. The minimum atomic E-state index is -0.615. The summed E-state index contributed by atoms with van der Waals surface area (Å²) in [5.74, 6) is -0.944. The first-order chi connectivity index (χ1) is 16.6. The minimum Gasteiger partial charge on any atom is -0.326 e. The van der Waals surface area contributed by atoms with Crippen LogP contribution in [0.1, 0.15) is 16.4 Å². The third-order valence-electron chi connectivity index (χ3n) is 5.05. The molecule has 170 valence electrons. The van der Waals surface area contributed by atoms with Crippen LogP contribution in [0, 0.1) is 5.82 Å². The first-order valence-electron chi connectivity index (χ1n) is 10.8. The number of carbonyl (C=O) groups is 2. The SMILES string of the molecule is O=C(Cc1ccccc1)Nc1cccc(SC(C(=O)Nc2ccccc2F)c2ccccc2)c1. The molecule has 2 N–H and O–H groups in total. The lowest BCUT2D eigenvalue weighted by Gasteiger charge is -2.18. The van der Waals surface area contributed by atoms with Gasteiger partial charge in [0.15, 0.2) is 0 Å². The standard InChI is InChI=1S/C28H23FN2O2S/c29-24-16-7-8-17-25(24)31-28(33)27(21-12-5-2-6-13-21)34-23-15-9-14-22(19-23)30-26(32)18-20-10-3-1-4-11-20/h1-17,19,27H,18H2,(H,30,32)(H,31,33). The summed E-state index contributed by atoms with van der Waals surface area (Å²) in [7, 11) is 0. The number of thioether (sulfide) groups is 1. The quantitative estimate of drug-likeness (QED) is 0.290. The number of carbonyl (C=O) groups excluding carboxylic acids is 2. The van der Waals surface area contributed by atoms with Crippen molar-refractivity contribution in [2.24, 2.45) is 0 Å². The number of nitrogens with one attached hydrogen (secondary N) is 2. The Morgan fingerprint density at radius 2 is 1.44 bits per heavy atom. The Balaban J connectivity index is 1.50. The van der Waals surface area contributed by atoms with Gasteiger partial charge in [-0.05, 0) is 41.5 Å². The molecule has 0 aromatic heterocycles. The Labute approximate surface area is 202 Å². The summed E-state index contributed by atoms with van der Waals surface area (Å²) in [6.45, 7) is 0. The molecule has 0 aliphatic heterocycles. The fourth-order valence-corrected chi connectivity index (χ4v) is 4.51. The zero-order chi connectivity index (χ0) is 23.8. The van der Waals surface area contributed by atoms with Gasteiger partial charge in [-0.3, -0.25) is 9.59 Å². The van der Waals surface area contributed by atoms with E-state index in [1.54, 1.807) is 12.1 Å². The first-order valence-corrected chi connectivity index (χ1v) is 11.7. The van der Waals surface area contributed by atoms with E-state index >= 15 is 0 Å². The van der Waals surface area contributed by atoms with Crippen LogP contribution < -0.4 is 10.6 Å². The summed E-state index contributed by atoms with van der Waals surface area (Å²) in [5.41, 5.74) is 2.50. The lowest BCUT2D eigenvalue weighted by molar-refractivity contribution is -0.116. The number of benzene rings is 4. The molecule has 0 saturated carbocycles. The summed E-state index contributed by atoms with van der Waals surface area (Å²) in [6.07, 6.45) is 0.274. The molecular weight excluding hydrogens is 447 g/mol. The maximum Gasteiger partial charge on any atom is 0.242 e.